The molecule has 0 nitrogen and oxygen atoms in total. The van der Waals surface area contributed by atoms with Crippen molar-refractivity contribution in [3.05, 3.63) is 34.3 Å². The lowest BCUT2D eigenvalue weighted by molar-refractivity contribution is 0.420. The molecule has 0 saturated heterocycles. The highest BCUT2D eigenvalue weighted by Crippen LogP contribution is 2.37. The lowest BCUT2D eigenvalue weighted by Crippen LogP contribution is -2.08. The van der Waals surface area contributed by atoms with Crippen LogP contribution >= 0.6 is 11.6 Å². The van der Waals surface area contributed by atoms with Crippen molar-refractivity contribution >= 4 is 11.6 Å². The lowest BCUT2D eigenvalue weighted by Gasteiger charge is -2.26. The fourth-order valence-electron chi connectivity index (χ4n) is 1.60. The van der Waals surface area contributed by atoms with E-state index in [0.717, 1.165) is 10.9 Å². The second kappa shape index (κ2) is 5.41. The highest BCUT2D eigenvalue weighted by molar-refractivity contribution is 6.31. The molecule has 0 N–H and O–H groups in total. The Hall–Kier alpha value is -0.490. The average Bonchev–Trinajstić information content (AvgIpc) is 2.12. The molecule has 1 aliphatic rings. The Balaban J connectivity index is 0.000000461. The van der Waals surface area contributed by atoms with E-state index in [-0.39, 0.29) is 0 Å². The smallest absolute Gasteiger partial charge is 0.0438 e. The molecule has 0 unspecified atom stereocenters. The zero-order valence-corrected chi connectivity index (χ0v) is 10.1. The van der Waals surface area contributed by atoms with Crippen molar-refractivity contribution in [1.29, 1.82) is 0 Å². The van der Waals surface area contributed by atoms with E-state index in [2.05, 4.69) is 18.2 Å². The summed E-state index contributed by atoms with van der Waals surface area (Å²) in [6, 6.07) is 6.46. The topological polar surface area (TPSA) is 0 Å². The van der Waals surface area contributed by atoms with Crippen LogP contribution in [0.4, 0.5) is 0 Å². The largest absolute Gasteiger partial charge is 0.0840 e. The third-order valence-electron chi connectivity index (χ3n) is 2.77. The van der Waals surface area contributed by atoms with Gasteiger partial charge < -0.3 is 0 Å². The number of benzene rings is 1. The van der Waals surface area contributed by atoms with E-state index in [9.17, 15) is 0 Å². The zero-order valence-electron chi connectivity index (χ0n) is 9.31. The maximum absolute atomic E-state index is 6.04. The van der Waals surface area contributed by atoms with Gasteiger partial charge >= 0.3 is 0 Å². The fourth-order valence-corrected chi connectivity index (χ4v) is 1.79. The van der Waals surface area contributed by atoms with Gasteiger partial charge in [-0.25, -0.2) is 0 Å². The molecule has 0 atom stereocenters. The Morgan fingerprint density at radius 1 is 1.21 bits per heavy atom. The highest BCUT2D eigenvalue weighted by Gasteiger charge is 2.19. The summed E-state index contributed by atoms with van der Waals surface area (Å²) >= 11 is 6.04. The SMILES string of the molecule is CC.Cc1ccc(C2CCC2)cc1Cl. The lowest BCUT2D eigenvalue weighted by atomic mass is 9.80. The van der Waals surface area contributed by atoms with Crippen molar-refractivity contribution < 1.29 is 0 Å². The van der Waals surface area contributed by atoms with E-state index >= 15 is 0 Å². The molecule has 0 bridgehead atoms. The number of rotatable bonds is 1. The van der Waals surface area contributed by atoms with Crippen molar-refractivity contribution in [2.75, 3.05) is 0 Å². The monoisotopic (exact) mass is 210 g/mol. The summed E-state index contributed by atoms with van der Waals surface area (Å²) in [4.78, 5) is 0. The summed E-state index contributed by atoms with van der Waals surface area (Å²) in [7, 11) is 0. The average molecular weight is 211 g/mol. The number of halogens is 1. The van der Waals surface area contributed by atoms with Gasteiger partial charge in [0.15, 0.2) is 0 Å². The quantitative estimate of drug-likeness (QED) is 0.616. The Bertz CT molecular complexity index is 287. The van der Waals surface area contributed by atoms with Crippen LogP contribution in [0.25, 0.3) is 0 Å². The Kier molecular flexibility index (Phi) is 4.47. The molecule has 2 rings (SSSR count). The third kappa shape index (κ3) is 2.51. The van der Waals surface area contributed by atoms with Gasteiger partial charge in [0.1, 0.15) is 0 Å². The predicted molar refractivity (Wildman–Crippen MR) is 64.1 cm³/mol. The molecule has 0 spiro atoms. The van der Waals surface area contributed by atoms with Crippen molar-refractivity contribution in [3.8, 4) is 0 Å². The molecule has 0 amide bonds. The number of hydrogen-bond acceptors (Lipinski definition) is 0. The van der Waals surface area contributed by atoms with Gasteiger partial charge in [0.2, 0.25) is 0 Å². The first-order chi connectivity index (χ1) is 6.77. The van der Waals surface area contributed by atoms with Gasteiger partial charge in [0, 0.05) is 5.02 Å². The molecule has 1 saturated carbocycles. The standard InChI is InChI=1S/C11H13Cl.C2H6/c1-8-5-6-10(7-11(8)12)9-3-2-4-9;1-2/h5-7,9H,2-4H2,1H3;1-2H3. The first-order valence-electron chi connectivity index (χ1n) is 5.53. The molecule has 0 radical (unpaired) electrons. The molecule has 1 aromatic rings. The molecule has 1 fully saturated rings. The van der Waals surface area contributed by atoms with Gasteiger partial charge in [0.25, 0.3) is 0 Å². The maximum Gasteiger partial charge on any atom is 0.0438 e. The molecule has 0 aliphatic heterocycles. The first-order valence-corrected chi connectivity index (χ1v) is 5.91. The van der Waals surface area contributed by atoms with Gasteiger partial charge in [-0.15, -0.1) is 0 Å². The molecular formula is C13H19Cl. The van der Waals surface area contributed by atoms with E-state index in [1.165, 1.54) is 30.4 Å². The Morgan fingerprint density at radius 3 is 2.29 bits per heavy atom. The van der Waals surface area contributed by atoms with Crippen LogP contribution < -0.4 is 0 Å². The van der Waals surface area contributed by atoms with Crippen molar-refractivity contribution in [1.82, 2.24) is 0 Å². The van der Waals surface area contributed by atoms with Gasteiger partial charge in [-0.2, -0.15) is 0 Å². The Morgan fingerprint density at radius 2 is 1.86 bits per heavy atom. The number of hydrogen-bond donors (Lipinski definition) is 0. The van der Waals surface area contributed by atoms with Gasteiger partial charge in [-0.1, -0.05) is 44.0 Å². The van der Waals surface area contributed by atoms with E-state index in [1.807, 2.05) is 20.8 Å². The molecule has 0 aromatic heterocycles. The number of aryl methyl sites for hydroxylation is 1. The van der Waals surface area contributed by atoms with E-state index in [4.69, 9.17) is 11.6 Å². The minimum absolute atomic E-state index is 0.795. The van der Waals surface area contributed by atoms with E-state index in [0.29, 0.717) is 0 Å². The first kappa shape index (κ1) is 11.6. The summed E-state index contributed by atoms with van der Waals surface area (Å²) in [5.41, 5.74) is 2.61. The van der Waals surface area contributed by atoms with Gasteiger partial charge in [-0.3, -0.25) is 0 Å². The van der Waals surface area contributed by atoms with Crippen LogP contribution in [-0.2, 0) is 0 Å². The molecule has 1 aromatic carbocycles. The summed E-state index contributed by atoms with van der Waals surface area (Å²) in [5.74, 6) is 0.795. The fraction of sp³-hybridized carbons (Fsp3) is 0.538. The van der Waals surface area contributed by atoms with Crippen molar-refractivity contribution in [2.45, 2.75) is 46.0 Å². The van der Waals surface area contributed by atoms with E-state index < -0.39 is 0 Å². The Labute approximate surface area is 92.3 Å². The molecule has 1 heteroatoms. The van der Waals surface area contributed by atoms with Crippen LogP contribution in [0, 0.1) is 6.92 Å². The minimum Gasteiger partial charge on any atom is -0.0840 e. The van der Waals surface area contributed by atoms with Gasteiger partial charge in [0.05, 0.1) is 0 Å². The van der Waals surface area contributed by atoms with Crippen LogP contribution in [0.15, 0.2) is 18.2 Å². The minimum atomic E-state index is 0.795. The summed E-state index contributed by atoms with van der Waals surface area (Å²) < 4.78 is 0. The summed E-state index contributed by atoms with van der Waals surface area (Å²) in [5, 5.41) is 0.916. The van der Waals surface area contributed by atoms with Crippen LogP contribution in [0.3, 0.4) is 0 Å². The molecule has 0 heterocycles. The normalized spacial score (nSPS) is 15.4. The van der Waals surface area contributed by atoms with Crippen LogP contribution in [-0.4, -0.2) is 0 Å². The second-order valence-corrected chi connectivity index (χ2v) is 4.04. The zero-order chi connectivity index (χ0) is 10.6. The predicted octanol–water partition coefficient (Wildman–Crippen LogP) is 4.94. The molecule has 78 valence electrons. The summed E-state index contributed by atoms with van der Waals surface area (Å²) in [6.07, 6.45) is 4.08. The van der Waals surface area contributed by atoms with Crippen LogP contribution in [0.5, 0.6) is 0 Å². The molecule has 14 heavy (non-hydrogen) atoms. The van der Waals surface area contributed by atoms with Crippen molar-refractivity contribution in [3.63, 3.8) is 0 Å². The maximum atomic E-state index is 6.04. The molecular weight excluding hydrogens is 192 g/mol. The van der Waals surface area contributed by atoms with Crippen molar-refractivity contribution in [2.24, 2.45) is 0 Å². The third-order valence-corrected chi connectivity index (χ3v) is 3.18. The van der Waals surface area contributed by atoms with Crippen LogP contribution in [0.1, 0.15) is 50.2 Å². The highest BCUT2D eigenvalue weighted by atomic mass is 35.5. The van der Waals surface area contributed by atoms with E-state index in [1.54, 1.807) is 0 Å². The summed E-state index contributed by atoms with van der Waals surface area (Å²) in [6.45, 7) is 6.05. The second-order valence-electron chi connectivity index (χ2n) is 3.64. The van der Waals surface area contributed by atoms with Gasteiger partial charge in [-0.05, 0) is 42.9 Å². The van der Waals surface area contributed by atoms with Crippen LogP contribution in [0.2, 0.25) is 5.02 Å². The molecule has 1 aliphatic carbocycles.